The second-order valence-electron chi connectivity index (χ2n) is 6.68. The van der Waals surface area contributed by atoms with Crippen molar-refractivity contribution in [2.45, 2.75) is 69.8 Å². The molecule has 0 nitrogen and oxygen atoms in total. The predicted octanol–water partition coefficient (Wildman–Crippen LogP) is 4.56. The van der Waals surface area contributed by atoms with Crippen molar-refractivity contribution < 1.29 is 0 Å². The Labute approximate surface area is 96.6 Å². The average molecular weight is 220 g/mol. The molecule has 2 aliphatic rings. The van der Waals surface area contributed by atoms with E-state index in [0.29, 0.717) is 0 Å². The first-order valence-corrected chi connectivity index (χ1v) is 10.2. The molecule has 2 heteroatoms. The fraction of sp³-hybridized carbons (Fsp3) is 0.846. The molecule has 0 aromatic heterocycles. The highest BCUT2D eigenvalue weighted by atomic mass is 28.3. The van der Waals surface area contributed by atoms with Crippen LogP contribution in [0.2, 0.25) is 31.3 Å². The molecule has 0 aliphatic carbocycles. The van der Waals surface area contributed by atoms with Gasteiger partial charge in [-0.25, -0.2) is 0 Å². The molecular formula is C13H25BSi. The van der Waals surface area contributed by atoms with E-state index >= 15 is 0 Å². The summed E-state index contributed by atoms with van der Waals surface area (Å²) >= 11 is 0. The topological polar surface area (TPSA) is 0 Å². The van der Waals surface area contributed by atoms with E-state index in [2.05, 4.69) is 26.2 Å². The van der Waals surface area contributed by atoms with Crippen molar-refractivity contribution in [1.82, 2.24) is 0 Å². The minimum atomic E-state index is -1.11. The van der Waals surface area contributed by atoms with Crippen LogP contribution in [0.25, 0.3) is 0 Å². The molecule has 0 amide bonds. The van der Waals surface area contributed by atoms with Crippen molar-refractivity contribution in [2.75, 3.05) is 0 Å². The highest BCUT2D eigenvalue weighted by Gasteiger charge is 2.43. The Morgan fingerprint density at radius 2 is 1.40 bits per heavy atom. The first-order chi connectivity index (χ1) is 7.00. The van der Waals surface area contributed by atoms with Crippen molar-refractivity contribution in [3.05, 3.63) is 11.7 Å². The second-order valence-corrected chi connectivity index (χ2v) is 11.8. The van der Waals surface area contributed by atoms with Gasteiger partial charge >= 0.3 is 0 Å². The van der Waals surface area contributed by atoms with Crippen molar-refractivity contribution in [1.29, 1.82) is 0 Å². The third-order valence-electron chi connectivity index (χ3n) is 4.68. The Morgan fingerprint density at radius 3 is 1.73 bits per heavy atom. The number of hydrogen-bond donors (Lipinski definition) is 0. The van der Waals surface area contributed by atoms with Crippen molar-refractivity contribution in [2.24, 2.45) is 0 Å². The molecule has 15 heavy (non-hydrogen) atoms. The monoisotopic (exact) mass is 220 g/mol. The van der Waals surface area contributed by atoms with Crippen LogP contribution in [0.15, 0.2) is 11.7 Å². The molecule has 0 saturated carbocycles. The number of rotatable bonds is 2. The summed E-state index contributed by atoms with van der Waals surface area (Å²) in [5.41, 5.74) is 0. The molecular weight excluding hydrogens is 195 g/mol. The Balaban J connectivity index is 2.16. The van der Waals surface area contributed by atoms with E-state index < -0.39 is 8.07 Å². The molecule has 2 saturated heterocycles. The van der Waals surface area contributed by atoms with Gasteiger partial charge < -0.3 is 0 Å². The molecule has 0 aromatic rings. The first-order valence-electron chi connectivity index (χ1n) is 6.69. The highest BCUT2D eigenvalue weighted by molar-refractivity contribution is 6.98. The zero-order chi connectivity index (χ0) is 11.1. The zero-order valence-electron chi connectivity index (χ0n) is 10.7. The molecule has 0 unspecified atom stereocenters. The maximum Gasteiger partial charge on any atom is 0.171 e. The Bertz CT molecular complexity index is 232. The fourth-order valence-electron chi connectivity index (χ4n) is 3.75. The third kappa shape index (κ3) is 2.25. The molecule has 2 aliphatic heterocycles. The lowest BCUT2D eigenvalue weighted by atomic mass is 9.27. The van der Waals surface area contributed by atoms with Gasteiger partial charge in [0.15, 0.2) is 6.71 Å². The Kier molecular flexibility index (Phi) is 3.16. The minimum Gasteiger partial charge on any atom is -0.117 e. The van der Waals surface area contributed by atoms with E-state index in [1.807, 2.05) is 0 Å². The molecule has 0 spiro atoms. The average Bonchev–Trinajstić information content (AvgIpc) is 2.14. The maximum atomic E-state index is 4.49. The van der Waals surface area contributed by atoms with Crippen LogP contribution < -0.4 is 0 Å². The largest absolute Gasteiger partial charge is 0.171 e. The summed E-state index contributed by atoms with van der Waals surface area (Å²) in [7, 11) is -1.11. The van der Waals surface area contributed by atoms with Gasteiger partial charge in [-0.3, -0.25) is 0 Å². The van der Waals surface area contributed by atoms with Gasteiger partial charge in [0.25, 0.3) is 0 Å². The highest BCUT2D eigenvalue weighted by Crippen LogP contribution is 2.49. The summed E-state index contributed by atoms with van der Waals surface area (Å²) in [5, 5.41) is 1.68. The molecule has 0 N–H and O–H groups in total. The zero-order valence-corrected chi connectivity index (χ0v) is 11.7. The van der Waals surface area contributed by atoms with E-state index in [1.54, 1.807) is 5.10 Å². The quantitative estimate of drug-likeness (QED) is 0.598. The van der Waals surface area contributed by atoms with Crippen LogP contribution in [0.3, 0.4) is 0 Å². The summed E-state index contributed by atoms with van der Waals surface area (Å²) < 4.78 is 0. The SMILES string of the molecule is C=C(B1C2CCCC1CCC2)[Si](C)(C)C. The van der Waals surface area contributed by atoms with Crippen LogP contribution in [0, 0.1) is 0 Å². The number of hydrogen-bond acceptors (Lipinski definition) is 0. The Morgan fingerprint density at radius 1 is 1.00 bits per heavy atom. The maximum absolute atomic E-state index is 4.49. The van der Waals surface area contributed by atoms with Crippen LogP contribution in [-0.2, 0) is 0 Å². The minimum absolute atomic E-state index is 0.916. The van der Waals surface area contributed by atoms with Crippen LogP contribution in [0.4, 0.5) is 0 Å². The van der Waals surface area contributed by atoms with Crippen LogP contribution >= 0.6 is 0 Å². The van der Waals surface area contributed by atoms with Gasteiger partial charge in [-0.1, -0.05) is 69.8 Å². The van der Waals surface area contributed by atoms with Gasteiger partial charge in [-0.15, -0.1) is 11.7 Å². The van der Waals surface area contributed by atoms with E-state index in [9.17, 15) is 0 Å². The third-order valence-corrected chi connectivity index (χ3v) is 6.94. The summed E-state index contributed by atoms with van der Waals surface area (Å²) in [6, 6.07) is 0. The lowest BCUT2D eigenvalue weighted by Crippen LogP contribution is -2.43. The first kappa shape index (κ1) is 11.5. The van der Waals surface area contributed by atoms with Crippen LogP contribution in [-0.4, -0.2) is 14.8 Å². The molecule has 2 rings (SSSR count). The normalized spacial score (nSPS) is 31.5. The van der Waals surface area contributed by atoms with Crippen LogP contribution in [0.5, 0.6) is 0 Å². The summed E-state index contributed by atoms with van der Waals surface area (Å²) in [4.78, 5) is 0. The summed E-state index contributed by atoms with van der Waals surface area (Å²) in [6.07, 6.45) is 8.94. The Hall–Kier alpha value is 0.0218. The molecule has 0 atom stereocenters. The molecule has 84 valence electrons. The predicted molar refractivity (Wildman–Crippen MR) is 73.4 cm³/mol. The van der Waals surface area contributed by atoms with Crippen molar-refractivity contribution in [3.63, 3.8) is 0 Å². The van der Waals surface area contributed by atoms with E-state index in [4.69, 9.17) is 0 Å². The molecule has 2 bridgehead atoms. The van der Waals surface area contributed by atoms with Gasteiger partial charge in [0, 0.05) is 0 Å². The van der Waals surface area contributed by atoms with Crippen LogP contribution in [0.1, 0.15) is 38.5 Å². The molecule has 2 fully saturated rings. The van der Waals surface area contributed by atoms with Gasteiger partial charge in [-0.05, 0) is 0 Å². The summed E-state index contributed by atoms with van der Waals surface area (Å²) in [5.74, 6) is 2.02. The number of fused-ring (bicyclic) bond motifs is 2. The second kappa shape index (κ2) is 4.12. The van der Waals surface area contributed by atoms with E-state index in [-0.39, 0.29) is 0 Å². The fourth-order valence-corrected chi connectivity index (χ4v) is 5.22. The van der Waals surface area contributed by atoms with Gasteiger partial charge in [0.05, 0.1) is 8.07 Å². The molecule has 0 radical (unpaired) electrons. The lowest BCUT2D eigenvalue weighted by Gasteiger charge is -2.44. The van der Waals surface area contributed by atoms with Gasteiger partial charge in [-0.2, -0.15) is 0 Å². The van der Waals surface area contributed by atoms with E-state index in [1.165, 1.54) is 38.5 Å². The smallest absolute Gasteiger partial charge is 0.117 e. The molecule has 0 aromatic carbocycles. The van der Waals surface area contributed by atoms with Gasteiger partial charge in [0.1, 0.15) is 0 Å². The standard InChI is InChI=1S/C13H25BSi/c1-11(15(2,3)4)14-12-7-5-8-13(14)10-6-9-12/h12-13H,1,5-10H2,2-4H3. The van der Waals surface area contributed by atoms with E-state index in [0.717, 1.165) is 18.3 Å². The van der Waals surface area contributed by atoms with Gasteiger partial charge in [0.2, 0.25) is 0 Å². The summed E-state index contributed by atoms with van der Waals surface area (Å²) in [6.45, 7) is 12.8. The lowest BCUT2D eigenvalue weighted by molar-refractivity contribution is 0.447. The van der Waals surface area contributed by atoms with Crippen molar-refractivity contribution >= 4 is 14.8 Å². The van der Waals surface area contributed by atoms with Crippen molar-refractivity contribution in [3.8, 4) is 0 Å². The molecule has 2 heterocycles.